The third-order valence-corrected chi connectivity index (χ3v) is 6.80. The zero-order chi connectivity index (χ0) is 24.3. The zero-order valence-corrected chi connectivity index (χ0v) is 20.8. The molecular weight excluding hydrogens is 438 g/mol. The van der Waals surface area contributed by atoms with Crippen LogP contribution in [0.15, 0.2) is 74.0 Å². The molecule has 35 heavy (non-hydrogen) atoms. The summed E-state index contributed by atoms with van der Waals surface area (Å²) in [5.74, 6) is 1.92. The Morgan fingerprint density at radius 1 is 1.20 bits per heavy atom. The third kappa shape index (κ3) is 7.87. The van der Waals surface area contributed by atoms with E-state index in [9.17, 15) is 5.11 Å². The van der Waals surface area contributed by atoms with Gasteiger partial charge >= 0.3 is 0 Å². The average Bonchev–Trinajstić information content (AvgIpc) is 3.29. The quantitative estimate of drug-likeness (QED) is 0.522. The molecule has 1 saturated heterocycles. The first-order valence-corrected chi connectivity index (χ1v) is 13.0. The molecule has 4 aliphatic rings. The number of aliphatic hydroxyl groups excluding tert-OH is 1. The fourth-order valence-corrected chi connectivity index (χ4v) is 4.89. The van der Waals surface area contributed by atoms with Gasteiger partial charge in [-0.2, -0.15) is 0 Å². The number of ether oxygens (including phenoxy) is 1. The molecule has 7 nitrogen and oxygen atoms in total. The summed E-state index contributed by atoms with van der Waals surface area (Å²) in [6.45, 7) is 8.29. The number of hydrogen-bond acceptors (Lipinski definition) is 7. The van der Waals surface area contributed by atoms with Gasteiger partial charge < -0.3 is 20.1 Å². The molecule has 0 atom stereocenters. The van der Waals surface area contributed by atoms with E-state index >= 15 is 0 Å². The molecule has 0 aromatic heterocycles. The van der Waals surface area contributed by atoms with Gasteiger partial charge in [0, 0.05) is 44.3 Å². The molecule has 2 fully saturated rings. The van der Waals surface area contributed by atoms with Crippen molar-refractivity contribution in [1.29, 1.82) is 0 Å². The number of hydrogen-bond donors (Lipinski definition) is 2. The van der Waals surface area contributed by atoms with Crippen LogP contribution in [0.5, 0.6) is 0 Å². The topological polar surface area (TPSA) is 81.8 Å². The summed E-state index contributed by atoms with van der Waals surface area (Å²) in [5, 5.41) is 13.9. The molecule has 2 aliphatic carbocycles. The van der Waals surface area contributed by atoms with Gasteiger partial charge in [-0.1, -0.05) is 37.5 Å². The van der Waals surface area contributed by atoms with Crippen LogP contribution in [0, 0.1) is 0 Å². The molecule has 188 valence electrons. The average molecular weight is 478 g/mol. The van der Waals surface area contributed by atoms with Crippen molar-refractivity contribution in [3.63, 3.8) is 0 Å². The highest BCUT2D eigenvalue weighted by molar-refractivity contribution is 6.09. The Bertz CT molecular complexity index is 956. The lowest BCUT2D eigenvalue weighted by molar-refractivity contribution is 0.147. The molecular formula is C28H39N5O2. The first-order valence-electron chi connectivity index (χ1n) is 13.0. The van der Waals surface area contributed by atoms with Crippen LogP contribution in [-0.2, 0) is 4.74 Å². The lowest BCUT2D eigenvalue weighted by Crippen LogP contribution is -2.35. The predicted octanol–water partition coefficient (Wildman–Crippen LogP) is 4.67. The van der Waals surface area contributed by atoms with Crippen molar-refractivity contribution in [3.05, 3.63) is 59.1 Å². The molecule has 0 aromatic carbocycles. The van der Waals surface area contributed by atoms with Crippen molar-refractivity contribution in [2.24, 2.45) is 15.0 Å². The molecule has 2 aliphatic heterocycles. The van der Waals surface area contributed by atoms with E-state index in [0.29, 0.717) is 37.9 Å². The van der Waals surface area contributed by atoms with Gasteiger partial charge in [0.05, 0.1) is 18.8 Å². The van der Waals surface area contributed by atoms with Crippen molar-refractivity contribution in [2.45, 2.75) is 57.4 Å². The van der Waals surface area contributed by atoms with Crippen molar-refractivity contribution >= 4 is 18.4 Å². The van der Waals surface area contributed by atoms with Gasteiger partial charge in [-0.05, 0) is 56.2 Å². The van der Waals surface area contributed by atoms with Crippen molar-refractivity contribution < 1.29 is 9.84 Å². The van der Waals surface area contributed by atoms with Crippen LogP contribution in [-0.4, -0.2) is 73.8 Å². The van der Waals surface area contributed by atoms with E-state index in [1.807, 2.05) is 12.2 Å². The van der Waals surface area contributed by atoms with Gasteiger partial charge in [0.1, 0.15) is 11.6 Å². The Labute approximate surface area is 209 Å². The predicted molar refractivity (Wildman–Crippen MR) is 145 cm³/mol. The van der Waals surface area contributed by atoms with Crippen LogP contribution in [0.2, 0.25) is 0 Å². The maximum atomic E-state index is 10.2. The summed E-state index contributed by atoms with van der Waals surface area (Å²) in [6.07, 6.45) is 20.5. The van der Waals surface area contributed by atoms with E-state index in [0.717, 1.165) is 49.8 Å². The maximum absolute atomic E-state index is 10.2. The Morgan fingerprint density at radius 2 is 2.09 bits per heavy atom. The first-order chi connectivity index (χ1) is 17.2. The van der Waals surface area contributed by atoms with E-state index in [1.165, 1.54) is 37.7 Å². The number of allylic oxidation sites excluding steroid dienone is 4. The number of rotatable bonds is 7. The second kappa shape index (κ2) is 13.4. The minimum atomic E-state index is 0.224. The highest BCUT2D eigenvalue weighted by atomic mass is 16.5. The zero-order valence-electron chi connectivity index (χ0n) is 20.8. The minimum absolute atomic E-state index is 0.224. The standard InChI is InChI=1S/C28H39N5O2/c1-29-13-12-22(21-30-24-9-3-2-4-10-24)18-25-20-27(33-14-7-16-35-17-15-33)32-28(31-25)23-8-5-6-11-26(34)19-23/h5-6,11-12,18-19,24,30,34H,1-4,7-10,13-17,20-21H2/b22-12+,25-18+. The summed E-state index contributed by atoms with van der Waals surface area (Å²) in [7, 11) is 0. The van der Waals surface area contributed by atoms with Crippen molar-refractivity contribution in [1.82, 2.24) is 10.2 Å². The third-order valence-electron chi connectivity index (χ3n) is 6.80. The van der Waals surface area contributed by atoms with Gasteiger partial charge in [0.25, 0.3) is 0 Å². The number of amidine groups is 2. The molecule has 4 rings (SSSR count). The summed E-state index contributed by atoms with van der Waals surface area (Å²) < 4.78 is 5.68. The van der Waals surface area contributed by atoms with Gasteiger partial charge in [0.15, 0.2) is 5.84 Å². The van der Waals surface area contributed by atoms with Crippen LogP contribution < -0.4 is 5.32 Å². The van der Waals surface area contributed by atoms with Crippen LogP contribution in [0.3, 0.4) is 0 Å². The van der Waals surface area contributed by atoms with E-state index in [1.54, 1.807) is 12.2 Å². The SMILES string of the molecule is C=NC/C=C(\C=C1/CC(N2CCCOCC2)=NC(C2=CC(O)=CC=CC2)=N1)CNC1CCCCC1. The molecule has 0 aromatic rings. The van der Waals surface area contributed by atoms with Crippen LogP contribution in [0.25, 0.3) is 0 Å². The van der Waals surface area contributed by atoms with Gasteiger partial charge in [-0.25, -0.2) is 9.98 Å². The molecule has 1 saturated carbocycles. The molecule has 7 heteroatoms. The highest BCUT2D eigenvalue weighted by Crippen LogP contribution is 2.24. The number of nitrogens with zero attached hydrogens (tertiary/aromatic N) is 4. The highest BCUT2D eigenvalue weighted by Gasteiger charge is 2.22. The number of nitrogens with one attached hydrogen (secondary N) is 1. The molecule has 0 unspecified atom stereocenters. The smallest absolute Gasteiger partial charge is 0.157 e. The second-order valence-electron chi connectivity index (χ2n) is 9.52. The molecule has 2 heterocycles. The van der Waals surface area contributed by atoms with Crippen LogP contribution >= 0.6 is 0 Å². The Hall–Kier alpha value is -2.77. The molecule has 0 amide bonds. The normalized spacial score (nSPS) is 23.7. The van der Waals surface area contributed by atoms with E-state index in [-0.39, 0.29) is 5.76 Å². The summed E-state index contributed by atoms with van der Waals surface area (Å²) in [4.78, 5) is 16.3. The Balaban J connectivity index is 1.60. The van der Waals surface area contributed by atoms with Crippen LogP contribution in [0.4, 0.5) is 0 Å². The van der Waals surface area contributed by atoms with Gasteiger partial charge in [0.2, 0.25) is 0 Å². The number of aliphatic hydroxyl groups is 1. The molecule has 0 bridgehead atoms. The monoisotopic (exact) mass is 477 g/mol. The summed E-state index contributed by atoms with van der Waals surface area (Å²) >= 11 is 0. The lowest BCUT2D eigenvalue weighted by atomic mass is 9.95. The minimum Gasteiger partial charge on any atom is -0.508 e. The van der Waals surface area contributed by atoms with E-state index in [4.69, 9.17) is 14.7 Å². The maximum Gasteiger partial charge on any atom is 0.157 e. The largest absolute Gasteiger partial charge is 0.508 e. The van der Waals surface area contributed by atoms with Crippen molar-refractivity contribution in [2.75, 3.05) is 39.4 Å². The van der Waals surface area contributed by atoms with Crippen LogP contribution in [0.1, 0.15) is 51.4 Å². The van der Waals surface area contributed by atoms with E-state index < -0.39 is 0 Å². The fraction of sp³-hybridized carbons (Fsp3) is 0.536. The molecule has 0 radical (unpaired) electrons. The van der Waals surface area contributed by atoms with Crippen molar-refractivity contribution in [3.8, 4) is 0 Å². The Morgan fingerprint density at radius 3 is 2.94 bits per heavy atom. The lowest BCUT2D eigenvalue weighted by Gasteiger charge is -2.27. The summed E-state index contributed by atoms with van der Waals surface area (Å²) in [6, 6.07) is 0.583. The first kappa shape index (κ1) is 25.3. The van der Waals surface area contributed by atoms with Gasteiger partial charge in [-0.3, -0.25) is 4.99 Å². The van der Waals surface area contributed by atoms with Gasteiger partial charge in [-0.15, -0.1) is 0 Å². The Kier molecular flexibility index (Phi) is 9.66. The molecule has 0 spiro atoms. The number of aliphatic imine (C=N–C) groups is 3. The molecule has 2 N–H and O–H groups in total. The second-order valence-corrected chi connectivity index (χ2v) is 9.52. The summed E-state index contributed by atoms with van der Waals surface area (Å²) in [5.41, 5.74) is 3.08. The van der Waals surface area contributed by atoms with E-state index in [2.05, 4.69) is 34.1 Å². The fourth-order valence-electron chi connectivity index (χ4n) is 4.89.